The second-order valence-electron chi connectivity index (χ2n) is 5.65. The van der Waals surface area contributed by atoms with Gasteiger partial charge in [0.1, 0.15) is 11.7 Å². The number of halogens is 1. The third-order valence-corrected chi connectivity index (χ3v) is 4.67. The molecule has 0 bridgehead atoms. The van der Waals surface area contributed by atoms with Gasteiger partial charge in [-0.05, 0) is 31.2 Å². The number of fused-ring (bicyclic) bond motifs is 1. The number of hydrogen-bond acceptors (Lipinski definition) is 4. The Morgan fingerprint density at radius 1 is 1.24 bits per heavy atom. The van der Waals surface area contributed by atoms with Crippen LogP contribution in [-0.4, -0.2) is 23.9 Å². The monoisotopic (exact) mass is 300 g/mol. The van der Waals surface area contributed by atoms with E-state index in [1.807, 2.05) is 6.20 Å². The molecular weight excluding hydrogens is 284 g/mol. The molecule has 1 saturated heterocycles. The first-order valence-electron chi connectivity index (χ1n) is 7.41. The molecule has 0 aromatic carbocycles. The number of pyridine rings is 1. The summed E-state index contributed by atoms with van der Waals surface area (Å²) in [5, 5.41) is 3.93. The van der Waals surface area contributed by atoms with Crippen LogP contribution in [0, 0.1) is 5.92 Å². The summed E-state index contributed by atoms with van der Waals surface area (Å²) >= 11 is 6.43. The summed E-state index contributed by atoms with van der Waals surface area (Å²) in [5.41, 5.74) is 1.02. The molecule has 0 aliphatic carbocycles. The molecule has 108 valence electrons. The molecule has 2 unspecified atom stereocenters. The van der Waals surface area contributed by atoms with Gasteiger partial charge in [0.25, 0.3) is 0 Å². The average molecular weight is 301 g/mol. The molecule has 4 nitrogen and oxygen atoms in total. The van der Waals surface area contributed by atoms with Crippen molar-refractivity contribution < 1.29 is 0 Å². The number of allylic oxidation sites excluding steroid dienone is 1. The number of rotatable bonds is 2. The predicted octanol–water partition coefficient (Wildman–Crippen LogP) is 2.99. The van der Waals surface area contributed by atoms with Crippen LogP contribution >= 0.6 is 11.6 Å². The lowest BCUT2D eigenvalue weighted by Crippen LogP contribution is -2.28. The van der Waals surface area contributed by atoms with E-state index in [1.54, 1.807) is 6.20 Å². The first-order valence-corrected chi connectivity index (χ1v) is 7.79. The Bertz CT molecular complexity index is 643. The fraction of sp³-hybridized carbons (Fsp3) is 0.375. The van der Waals surface area contributed by atoms with E-state index in [1.165, 1.54) is 12.8 Å². The highest BCUT2D eigenvalue weighted by molar-refractivity contribution is 6.31. The number of aromatic nitrogens is 1. The zero-order valence-corrected chi connectivity index (χ0v) is 12.4. The summed E-state index contributed by atoms with van der Waals surface area (Å²) in [4.78, 5) is 11.6. The van der Waals surface area contributed by atoms with E-state index in [0.29, 0.717) is 0 Å². The molecule has 4 rings (SSSR count). The Morgan fingerprint density at radius 3 is 2.95 bits per heavy atom. The van der Waals surface area contributed by atoms with E-state index >= 15 is 0 Å². The number of anilines is 1. The Hall–Kier alpha value is -1.81. The van der Waals surface area contributed by atoms with Gasteiger partial charge in [0, 0.05) is 24.3 Å². The van der Waals surface area contributed by atoms with E-state index in [2.05, 4.69) is 39.5 Å². The van der Waals surface area contributed by atoms with Crippen molar-refractivity contribution in [2.75, 3.05) is 18.0 Å². The summed E-state index contributed by atoms with van der Waals surface area (Å²) in [6, 6.07) is 6.24. The van der Waals surface area contributed by atoms with E-state index in [-0.39, 0.29) is 11.8 Å². The zero-order chi connectivity index (χ0) is 14.2. The number of nitrogens with one attached hydrogen (secondary N) is 1. The van der Waals surface area contributed by atoms with Gasteiger partial charge in [-0.2, -0.15) is 0 Å². The van der Waals surface area contributed by atoms with Gasteiger partial charge in [-0.3, -0.25) is 0 Å². The van der Waals surface area contributed by atoms with Gasteiger partial charge in [0.05, 0.1) is 17.5 Å². The Labute approximate surface area is 129 Å². The third-order valence-electron chi connectivity index (χ3n) is 4.34. The van der Waals surface area contributed by atoms with Crippen LogP contribution in [0.25, 0.3) is 0 Å². The summed E-state index contributed by atoms with van der Waals surface area (Å²) in [7, 11) is 0. The number of amidine groups is 1. The van der Waals surface area contributed by atoms with Crippen LogP contribution in [0.2, 0.25) is 0 Å². The highest BCUT2D eigenvalue weighted by atomic mass is 35.5. The lowest BCUT2D eigenvalue weighted by molar-refractivity contribution is 0.695. The van der Waals surface area contributed by atoms with E-state index < -0.39 is 0 Å². The van der Waals surface area contributed by atoms with Crippen LogP contribution in [0.4, 0.5) is 5.82 Å². The van der Waals surface area contributed by atoms with Gasteiger partial charge in [-0.25, -0.2) is 9.98 Å². The predicted molar refractivity (Wildman–Crippen MR) is 85.6 cm³/mol. The van der Waals surface area contributed by atoms with Gasteiger partial charge in [-0.1, -0.05) is 23.7 Å². The van der Waals surface area contributed by atoms with Crippen molar-refractivity contribution in [3.63, 3.8) is 0 Å². The molecule has 0 amide bonds. The molecule has 1 aromatic heterocycles. The van der Waals surface area contributed by atoms with Crippen molar-refractivity contribution >= 4 is 23.3 Å². The molecule has 3 aliphatic heterocycles. The lowest BCUT2D eigenvalue weighted by Gasteiger charge is -2.26. The SMILES string of the molecule is ClC1=CN=C2NC=CC2C1c1cccc(N2CCCC2)n1. The van der Waals surface area contributed by atoms with Crippen molar-refractivity contribution in [3.05, 3.63) is 47.4 Å². The van der Waals surface area contributed by atoms with Crippen LogP contribution in [0.5, 0.6) is 0 Å². The minimum atomic E-state index is 0.0629. The molecule has 2 atom stereocenters. The van der Waals surface area contributed by atoms with Crippen LogP contribution in [0.1, 0.15) is 24.5 Å². The third kappa shape index (κ3) is 2.23. The first kappa shape index (κ1) is 12.9. The van der Waals surface area contributed by atoms with E-state index in [9.17, 15) is 0 Å². The summed E-state index contributed by atoms with van der Waals surface area (Å²) in [5.74, 6) is 2.25. The van der Waals surface area contributed by atoms with Crippen molar-refractivity contribution in [3.8, 4) is 0 Å². The molecule has 0 spiro atoms. The first-order chi connectivity index (χ1) is 10.3. The molecule has 1 N–H and O–H groups in total. The van der Waals surface area contributed by atoms with Crippen LogP contribution in [0.3, 0.4) is 0 Å². The fourth-order valence-electron chi connectivity index (χ4n) is 3.26. The minimum absolute atomic E-state index is 0.0629. The van der Waals surface area contributed by atoms with Crippen molar-refractivity contribution in [2.24, 2.45) is 10.9 Å². The molecule has 4 heterocycles. The fourth-order valence-corrected chi connectivity index (χ4v) is 3.56. The Balaban J connectivity index is 1.69. The smallest absolute Gasteiger partial charge is 0.128 e. The largest absolute Gasteiger partial charge is 0.357 e. The average Bonchev–Trinajstić information content (AvgIpc) is 3.18. The zero-order valence-electron chi connectivity index (χ0n) is 11.7. The minimum Gasteiger partial charge on any atom is -0.357 e. The maximum atomic E-state index is 6.43. The van der Waals surface area contributed by atoms with Crippen LogP contribution in [0.15, 0.2) is 46.7 Å². The Morgan fingerprint density at radius 2 is 2.10 bits per heavy atom. The molecule has 3 aliphatic rings. The molecule has 0 radical (unpaired) electrons. The number of aliphatic imine (C=N–C) groups is 1. The normalized spacial score (nSPS) is 27.2. The van der Waals surface area contributed by atoms with E-state index in [4.69, 9.17) is 16.6 Å². The second-order valence-corrected chi connectivity index (χ2v) is 6.09. The topological polar surface area (TPSA) is 40.5 Å². The lowest BCUT2D eigenvalue weighted by atomic mass is 9.87. The highest BCUT2D eigenvalue weighted by Crippen LogP contribution is 2.39. The standard InChI is InChI=1S/C16H17ClN4/c17-12-10-19-16-11(6-7-18-16)15(12)13-4-3-5-14(20-13)21-8-1-2-9-21/h3-7,10-11,15H,1-2,8-9H2,(H,18,19). The molecular formula is C16H17ClN4. The quantitative estimate of drug-likeness (QED) is 0.913. The second kappa shape index (κ2) is 5.19. The Kier molecular flexibility index (Phi) is 3.19. The van der Waals surface area contributed by atoms with Crippen LogP contribution < -0.4 is 10.2 Å². The summed E-state index contributed by atoms with van der Waals surface area (Å²) in [6.45, 7) is 2.20. The van der Waals surface area contributed by atoms with Gasteiger partial charge < -0.3 is 10.2 Å². The van der Waals surface area contributed by atoms with Crippen molar-refractivity contribution in [1.29, 1.82) is 0 Å². The van der Waals surface area contributed by atoms with Crippen LogP contribution in [-0.2, 0) is 0 Å². The van der Waals surface area contributed by atoms with Crippen molar-refractivity contribution in [1.82, 2.24) is 10.3 Å². The van der Waals surface area contributed by atoms with Gasteiger partial charge in [-0.15, -0.1) is 0 Å². The van der Waals surface area contributed by atoms with Gasteiger partial charge in [0.2, 0.25) is 0 Å². The highest BCUT2D eigenvalue weighted by Gasteiger charge is 2.34. The summed E-state index contributed by atoms with van der Waals surface area (Å²) in [6.07, 6.45) is 8.29. The molecule has 0 saturated carbocycles. The van der Waals surface area contributed by atoms with E-state index in [0.717, 1.165) is 35.5 Å². The molecule has 5 heteroatoms. The van der Waals surface area contributed by atoms with Gasteiger partial charge >= 0.3 is 0 Å². The molecule has 21 heavy (non-hydrogen) atoms. The van der Waals surface area contributed by atoms with Gasteiger partial charge in [0.15, 0.2) is 0 Å². The number of hydrogen-bond donors (Lipinski definition) is 1. The number of nitrogens with zero attached hydrogens (tertiary/aromatic N) is 3. The molecule has 1 aromatic rings. The molecule has 1 fully saturated rings. The maximum absolute atomic E-state index is 6.43. The van der Waals surface area contributed by atoms with Crippen molar-refractivity contribution in [2.45, 2.75) is 18.8 Å². The maximum Gasteiger partial charge on any atom is 0.128 e. The summed E-state index contributed by atoms with van der Waals surface area (Å²) < 4.78 is 0.